The third-order valence-corrected chi connectivity index (χ3v) is 4.18. The van der Waals surface area contributed by atoms with E-state index in [2.05, 4.69) is 9.69 Å². The largest absolute Gasteiger partial charge is 0.427 e. The molecule has 9 heteroatoms. The number of alkyl halides is 3. The van der Waals surface area contributed by atoms with E-state index in [4.69, 9.17) is 4.74 Å². The van der Waals surface area contributed by atoms with Crippen molar-refractivity contribution in [3.8, 4) is 5.75 Å². The highest BCUT2D eigenvalue weighted by Gasteiger charge is 2.50. The number of hydrogen-bond donors (Lipinski definition) is 1. The van der Waals surface area contributed by atoms with E-state index in [1.807, 2.05) is 0 Å². The van der Waals surface area contributed by atoms with E-state index in [0.29, 0.717) is 0 Å². The van der Waals surface area contributed by atoms with Crippen molar-refractivity contribution in [2.24, 2.45) is 0 Å². The molecule has 0 fully saturated rings. The molecule has 2 rings (SSSR count). The van der Waals surface area contributed by atoms with Crippen molar-refractivity contribution in [1.29, 1.82) is 0 Å². The van der Waals surface area contributed by atoms with Gasteiger partial charge in [-0.25, -0.2) is 0 Å². The molecule has 25 heavy (non-hydrogen) atoms. The minimum atomic E-state index is -4.45. The molecule has 0 aliphatic carbocycles. The Morgan fingerprint density at radius 1 is 1.16 bits per heavy atom. The molecule has 1 aromatic carbocycles. The van der Waals surface area contributed by atoms with E-state index in [0.717, 1.165) is 25.4 Å². The second-order valence-electron chi connectivity index (χ2n) is 5.77. The summed E-state index contributed by atoms with van der Waals surface area (Å²) in [7, 11) is 0. The van der Waals surface area contributed by atoms with Crippen molar-refractivity contribution in [3.63, 3.8) is 0 Å². The number of aromatic nitrogens is 1. The summed E-state index contributed by atoms with van der Waals surface area (Å²) in [4.78, 5) is 23.0. The molecule has 5 nitrogen and oxygen atoms in total. The van der Waals surface area contributed by atoms with Crippen LogP contribution in [0.3, 0.4) is 0 Å². The Morgan fingerprint density at radius 2 is 1.76 bits per heavy atom. The zero-order valence-corrected chi connectivity index (χ0v) is 14.4. The number of esters is 1. The van der Waals surface area contributed by atoms with Crippen LogP contribution in [-0.4, -0.2) is 22.4 Å². The van der Waals surface area contributed by atoms with E-state index in [-0.39, 0.29) is 22.0 Å². The molecule has 0 unspecified atom stereocenters. The number of benzene rings is 1. The summed E-state index contributed by atoms with van der Waals surface area (Å²) in [6.07, 6.45) is -4.45. The van der Waals surface area contributed by atoms with Crippen LogP contribution in [0.25, 0.3) is 0 Å². The van der Waals surface area contributed by atoms with Gasteiger partial charge in [0.2, 0.25) is 0 Å². The predicted octanol–water partition coefficient (Wildman–Crippen LogP) is 4.16. The van der Waals surface area contributed by atoms with Crippen molar-refractivity contribution in [1.82, 2.24) is 4.37 Å². The van der Waals surface area contributed by atoms with Crippen LogP contribution in [0, 0.1) is 0 Å². The van der Waals surface area contributed by atoms with Crippen LogP contribution < -0.4 is 10.1 Å². The average molecular weight is 372 g/mol. The average Bonchev–Trinajstić information content (AvgIpc) is 2.95. The summed E-state index contributed by atoms with van der Waals surface area (Å²) >= 11 is 0.776. The Labute approximate surface area is 146 Å². The van der Waals surface area contributed by atoms with Gasteiger partial charge < -0.3 is 10.1 Å². The van der Waals surface area contributed by atoms with Crippen LogP contribution in [0.5, 0.6) is 5.75 Å². The lowest BCUT2D eigenvalue weighted by Crippen LogP contribution is -2.36. The van der Waals surface area contributed by atoms with Gasteiger partial charge in [-0.2, -0.15) is 17.5 Å². The number of halogens is 3. The maximum Gasteiger partial charge on any atom is 0.399 e. The lowest BCUT2D eigenvalue weighted by Gasteiger charge is -2.25. The third kappa shape index (κ3) is 4.36. The molecular formula is C16H15F3N2O3S. The van der Waals surface area contributed by atoms with Gasteiger partial charge in [0, 0.05) is 12.5 Å². The number of amides is 1. The zero-order chi connectivity index (χ0) is 18.8. The maximum atomic E-state index is 13.0. The van der Waals surface area contributed by atoms with E-state index in [1.54, 1.807) is 0 Å². The molecule has 2 aromatic rings. The van der Waals surface area contributed by atoms with Crippen molar-refractivity contribution in [2.45, 2.75) is 32.4 Å². The summed E-state index contributed by atoms with van der Waals surface area (Å²) in [6, 6.07) is 6.98. The van der Waals surface area contributed by atoms with Gasteiger partial charge >= 0.3 is 12.1 Å². The van der Waals surface area contributed by atoms with Gasteiger partial charge in [0.15, 0.2) is 0 Å². The first-order valence-corrected chi connectivity index (χ1v) is 7.92. The summed E-state index contributed by atoms with van der Waals surface area (Å²) in [5.41, 5.74) is -2.01. The fourth-order valence-corrected chi connectivity index (χ4v) is 2.58. The standard InChI is InChI=1S/C16H15F3N2O3S/c1-9(22)24-11-6-4-10(5-7-11)14(23)20-13-8-12(21-25-13)15(2,3)16(17,18)19/h4-8H,1-3H3,(H,20,23). The monoisotopic (exact) mass is 372 g/mol. The van der Waals surface area contributed by atoms with E-state index in [1.165, 1.54) is 37.3 Å². The minimum absolute atomic E-state index is 0.162. The van der Waals surface area contributed by atoms with Gasteiger partial charge in [-0.3, -0.25) is 9.59 Å². The molecule has 0 aliphatic heterocycles. The van der Waals surface area contributed by atoms with Crippen LogP contribution in [0.4, 0.5) is 18.2 Å². The molecule has 0 saturated carbocycles. The van der Waals surface area contributed by atoms with Crippen LogP contribution in [0.2, 0.25) is 0 Å². The molecule has 0 saturated heterocycles. The van der Waals surface area contributed by atoms with Crippen LogP contribution in [0.1, 0.15) is 36.8 Å². The molecule has 0 atom stereocenters. The maximum absolute atomic E-state index is 13.0. The summed E-state index contributed by atoms with van der Waals surface area (Å²) in [5, 5.41) is 2.71. The summed E-state index contributed by atoms with van der Waals surface area (Å²) < 4.78 is 47.7. The van der Waals surface area contributed by atoms with Crippen LogP contribution >= 0.6 is 11.5 Å². The van der Waals surface area contributed by atoms with E-state index in [9.17, 15) is 22.8 Å². The molecule has 1 N–H and O–H groups in total. The minimum Gasteiger partial charge on any atom is -0.427 e. The summed E-state index contributed by atoms with van der Waals surface area (Å²) in [5.74, 6) is -0.702. The van der Waals surface area contributed by atoms with Crippen molar-refractivity contribution in [3.05, 3.63) is 41.6 Å². The zero-order valence-electron chi connectivity index (χ0n) is 13.6. The topological polar surface area (TPSA) is 68.3 Å². The molecule has 134 valence electrons. The number of carbonyl (C=O) groups is 2. The smallest absolute Gasteiger partial charge is 0.399 e. The van der Waals surface area contributed by atoms with Gasteiger partial charge in [0.05, 0.1) is 5.69 Å². The van der Waals surface area contributed by atoms with E-state index >= 15 is 0 Å². The predicted molar refractivity (Wildman–Crippen MR) is 86.9 cm³/mol. The fourth-order valence-electron chi connectivity index (χ4n) is 1.80. The Kier molecular flexibility index (Phi) is 5.17. The van der Waals surface area contributed by atoms with Gasteiger partial charge in [-0.15, -0.1) is 0 Å². The third-order valence-electron chi connectivity index (χ3n) is 3.47. The number of anilines is 1. The number of hydrogen-bond acceptors (Lipinski definition) is 5. The molecule has 0 bridgehead atoms. The molecule has 1 amide bonds. The van der Waals surface area contributed by atoms with Crippen molar-refractivity contribution in [2.75, 3.05) is 5.32 Å². The van der Waals surface area contributed by atoms with Gasteiger partial charge in [-0.05, 0) is 55.7 Å². The van der Waals surface area contributed by atoms with Gasteiger partial charge in [0.1, 0.15) is 16.2 Å². The quantitative estimate of drug-likeness (QED) is 0.646. The highest BCUT2D eigenvalue weighted by Crippen LogP contribution is 2.41. The number of nitrogens with zero attached hydrogens (tertiary/aromatic N) is 1. The molecular weight excluding hydrogens is 357 g/mol. The first kappa shape index (κ1) is 18.9. The second-order valence-corrected chi connectivity index (χ2v) is 6.58. The SMILES string of the molecule is CC(=O)Oc1ccc(C(=O)Nc2cc(C(C)(C)C(F)(F)F)ns2)cc1. The van der Waals surface area contributed by atoms with E-state index < -0.39 is 23.5 Å². The lowest BCUT2D eigenvalue weighted by atomic mass is 9.89. The van der Waals surface area contributed by atoms with Crippen LogP contribution in [-0.2, 0) is 10.2 Å². The molecule has 0 aliphatic rings. The Bertz CT molecular complexity index is 783. The molecule has 0 radical (unpaired) electrons. The molecule has 0 spiro atoms. The summed E-state index contributed by atoms with van der Waals surface area (Å²) in [6.45, 7) is 3.31. The van der Waals surface area contributed by atoms with Gasteiger partial charge in [0.25, 0.3) is 5.91 Å². The normalized spacial score (nSPS) is 11.9. The van der Waals surface area contributed by atoms with Crippen molar-refractivity contribution >= 4 is 28.4 Å². The number of ether oxygens (including phenoxy) is 1. The van der Waals surface area contributed by atoms with Crippen molar-refractivity contribution < 1.29 is 27.5 Å². The number of nitrogens with one attached hydrogen (secondary N) is 1. The Morgan fingerprint density at radius 3 is 2.28 bits per heavy atom. The Hall–Kier alpha value is -2.42. The van der Waals surface area contributed by atoms with Crippen LogP contribution in [0.15, 0.2) is 30.3 Å². The first-order chi connectivity index (χ1) is 11.5. The molecule has 1 heterocycles. The molecule has 1 aromatic heterocycles. The highest BCUT2D eigenvalue weighted by molar-refractivity contribution is 7.10. The second kappa shape index (κ2) is 6.83. The fraction of sp³-hybridized carbons (Fsp3) is 0.312. The number of rotatable bonds is 4. The van der Waals surface area contributed by atoms with Gasteiger partial charge in [-0.1, -0.05) is 0 Å². The first-order valence-electron chi connectivity index (χ1n) is 7.14. The Balaban J connectivity index is 2.10. The lowest BCUT2D eigenvalue weighted by molar-refractivity contribution is -0.181. The number of carbonyl (C=O) groups excluding carboxylic acids is 2. The highest BCUT2D eigenvalue weighted by atomic mass is 32.1.